The molecule has 0 aromatic carbocycles. The predicted octanol–water partition coefficient (Wildman–Crippen LogP) is 7.06. The first kappa shape index (κ1) is 24.9. The topological polar surface area (TPSA) is 55.7 Å². The zero-order chi connectivity index (χ0) is 22.5. The molecule has 0 aromatic rings. The molecule has 33 heavy (non-hydrogen) atoms. The van der Waals surface area contributed by atoms with Crippen molar-refractivity contribution >= 4 is 29.9 Å². The van der Waals surface area contributed by atoms with Crippen LogP contribution in [0.1, 0.15) is 104 Å². The van der Waals surface area contributed by atoms with Crippen molar-refractivity contribution < 1.29 is 14.4 Å². The third-order valence-electron chi connectivity index (χ3n) is 10.7. The van der Waals surface area contributed by atoms with Gasteiger partial charge in [-0.05, 0) is 99.4 Å². The quantitative estimate of drug-likeness (QED) is 0.249. The Hall–Kier alpha value is -1.16. The van der Waals surface area contributed by atoms with Crippen LogP contribution in [0.5, 0.6) is 0 Å². The van der Waals surface area contributed by atoms with Crippen LogP contribution < -0.4 is 0 Å². The van der Waals surface area contributed by atoms with Gasteiger partial charge >= 0.3 is 5.97 Å². The van der Waals surface area contributed by atoms with Crippen molar-refractivity contribution in [1.82, 2.24) is 0 Å². The molecule has 0 bridgehead atoms. The molecule has 0 spiro atoms. The summed E-state index contributed by atoms with van der Waals surface area (Å²) in [7, 11) is 0. The van der Waals surface area contributed by atoms with Gasteiger partial charge in [0, 0.05) is 12.3 Å². The zero-order valence-electron chi connectivity index (χ0n) is 20.7. The lowest BCUT2D eigenvalue weighted by atomic mass is 9.46. The minimum absolute atomic E-state index is 0. The molecule has 0 N–H and O–H groups in total. The molecule has 5 aliphatic carbocycles. The Morgan fingerprint density at radius 3 is 2.48 bits per heavy atom. The highest BCUT2D eigenvalue weighted by molar-refractivity contribution is 5.91. The Labute approximate surface area is 205 Å². The number of carbonyl (C=O) groups is 2. The average molecular weight is 476 g/mol. The number of hydrogen-bond donors (Lipinski definition) is 0. The first-order chi connectivity index (χ1) is 15.3. The minimum atomic E-state index is -0.112. The number of hydrogen-bond acceptors (Lipinski definition) is 4. The van der Waals surface area contributed by atoms with E-state index in [0.717, 1.165) is 62.5 Å². The number of rotatable bonds is 3. The summed E-state index contributed by atoms with van der Waals surface area (Å²) in [5.74, 6) is 2.90. The Morgan fingerprint density at radius 2 is 1.73 bits per heavy atom. The van der Waals surface area contributed by atoms with Crippen LogP contribution in [-0.2, 0) is 14.4 Å². The molecule has 0 saturated heterocycles. The van der Waals surface area contributed by atoms with Crippen molar-refractivity contribution in [3.63, 3.8) is 0 Å². The molecule has 0 radical (unpaired) electrons. The van der Waals surface area contributed by atoms with E-state index in [2.05, 4.69) is 25.9 Å². The fraction of sp³-hybridized carbons (Fsp3) is 0.821. The molecule has 184 valence electrons. The minimum Gasteiger partial charge on any atom is -0.318 e. The normalized spacial score (nSPS) is 41.2. The number of nitrogens with zero attached hydrogens (tertiary/aromatic N) is 1. The van der Waals surface area contributed by atoms with E-state index in [4.69, 9.17) is 4.84 Å². The van der Waals surface area contributed by atoms with Crippen LogP contribution in [-0.4, -0.2) is 17.5 Å². The summed E-state index contributed by atoms with van der Waals surface area (Å²) in [5, 5.41) is 4.43. The van der Waals surface area contributed by atoms with Gasteiger partial charge < -0.3 is 4.84 Å². The molecule has 0 heterocycles. The Bertz CT molecular complexity index is 844. The second kappa shape index (κ2) is 9.47. The molecular formula is C28H42ClNO3. The summed E-state index contributed by atoms with van der Waals surface area (Å²) in [5.41, 5.74) is 2.96. The summed E-state index contributed by atoms with van der Waals surface area (Å²) in [4.78, 5) is 30.1. The van der Waals surface area contributed by atoms with Gasteiger partial charge in [0.05, 0.1) is 11.6 Å². The summed E-state index contributed by atoms with van der Waals surface area (Å²) in [6.07, 6.45) is 16.5. The maximum absolute atomic E-state index is 12.5. The van der Waals surface area contributed by atoms with Gasteiger partial charge in [0.15, 0.2) is 5.78 Å². The molecule has 4 saturated carbocycles. The van der Waals surface area contributed by atoms with Crippen molar-refractivity contribution in [1.29, 1.82) is 0 Å². The maximum Gasteiger partial charge on any atom is 0.338 e. The highest BCUT2D eigenvalue weighted by atomic mass is 35.5. The SMILES string of the molecule is C/C(=N\OC(=O)C1CCCCC1)[C@H]1CC[C@H]2[C@@H]3CCC4=CC(=O)CC[C@]4(C)[C@H]3CC[C@]12C.Cl. The maximum atomic E-state index is 12.5. The summed E-state index contributed by atoms with van der Waals surface area (Å²) < 4.78 is 0. The second-order valence-corrected chi connectivity index (χ2v) is 12.1. The number of fused-ring (bicyclic) bond motifs is 5. The number of oxime groups is 1. The van der Waals surface area contributed by atoms with E-state index in [1.807, 2.05) is 6.08 Å². The molecule has 0 unspecified atom stereocenters. The number of ketones is 1. The van der Waals surface area contributed by atoms with E-state index < -0.39 is 0 Å². The highest BCUT2D eigenvalue weighted by Gasteiger charge is 2.59. The van der Waals surface area contributed by atoms with E-state index in [0.29, 0.717) is 17.6 Å². The summed E-state index contributed by atoms with van der Waals surface area (Å²) >= 11 is 0. The summed E-state index contributed by atoms with van der Waals surface area (Å²) in [6.45, 7) is 7.04. The number of carbonyl (C=O) groups excluding carboxylic acids is 2. The van der Waals surface area contributed by atoms with Crippen molar-refractivity contribution in [2.45, 2.75) is 104 Å². The lowest BCUT2D eigenvalue weighted by Gasteiger charge is -2.58. The van der Waals surface area contributed by atoms with Crippen LogP contribution in [0, 0.1) is 40.4 Å². The Kier molecular flexibility index (Phi) is 7.16. The van der Waals surface area contributed by atoms with Gasteiger partial charge in [-0.25, -0.2) is 4.79 Å². The van der Waals surface area contributed by atoms with Gasteiger partial charge in [-0.3, -0.25) is 4.79 Å². The standard InChI is InChI=1S/C28H41NO3.ClH/c1-18(29-32-26(31)19-7-5-4-6-8-19)23-11-12-24-22-10-9-20-17-21(30)13-15-27(20,2)25(22)14-16-28(23,24)3;/h17,19,22-25H,4-16H2,1-3H3;1H/b29-18+;/t22-,23+,24-,25-,27-,28+;/m0./s1. The fourth-order valence-electron chi connectivity index (χ4n) is 8.84. The van der Waals surface area contributed by atoms with Crippen LogP contribution in [0.25, 0.3) is 0 Å². The number of halogens is 1. The Morgan fingerprint density at radius 1 is 0.970 bits per heavy atom. The van der Waals surface area contributed by atoms with Crippen LogP contribution in [0.2, 0.25) is 0 Å². The molecule has 5 heteroatoms. The van der Waals surface area contributed by atoms with Crippen LogP contribution in [0.3, 0.4) is 0 Å². The van der Waals surface area contributed by atoms with Gasteiger partial charge in [0.1, 0.15) is 0 Å². The number of allylic oxidation sites excluding steroid dienone is 1. The van der Waals surface area contributed by atoms with Crippen molar-refractivity contribution in [3.05, 3.63) is 11.6 Å². The molecule has 5 rings (SSSR count). The smallest absolute Gasteiger partial charge is 0.318 e. The third kappa shape index (κ3) is 4.23. The molecular weight excluding hydrogens is 434 g/mol. The average Bonchev–Trinajstić information content (AvgIpc) is 3.15. The van der Waals surface area contributed by atoms with Gasteiger partial charge in [-0.2, -0.15) is 0 Å². The summed E-state index contributed by atoms with van der Waals surface area (Å²) in [6, 6.07) is 0. The largest absolute Gasteiger partial charge is 0.338 e. The lowest BCUT2D eigenvalue weighted by molar-refractivity contribution is -0.149. The second-order valence-electron chi connectivity index (χ2n) is 12.1. The first-order valence-corrected chi connectivity index (χ1v) is 13.3. The fourth-order valence-corrected chi connectivity index (χ4v) is 8.84. The first-order valence-electron chi connectivity index (χ1n) is 13.3. The van der Waals surface area contributed by atoms with E-state index in [9.17, 15) is 9.59 Å². The van der Waals surface area contributed by atoms with Gasteiger partial charge in [-0.1, -0.05) is 43.8 Å². The van der Waals surface area contributed by atoms with E-state index in [-0.39, 0.29) is 35.1 Å². The lowest BCUT2D eigenvalue weighted by Crippen LogP contribution is -2.51. The van der Waals surface area contributed by atoms with Gasteiger partial charge in [0.25, 0.3) is 0 Å². The van der Waals surface area contributed by atoms with E-state index in [1.165, 1.54) is 44.1 Å². The predicted molar refractivity (Wildman–Crippen MR) is 133 cm³/mol. The van der Waals surface area contributed by atoms with Crippen molar-refractivity contribution in [2.24, 2.45) is 45.6 Å². The monoisotopic (exact) mass is 475 g/mol. The molecule has 0 aliphatic heterocycles. The van der Waals surface area contributed by atoms with E-state index in [1.54, 1.807) is 0 Å². The molecule has 0 amide bonds. The molecule has 0 aromatic heterocycles. The molecule has 6 atom stereocenters. The highest BCUT2D eigenvalue weighted by Crippen LogP contribution is 2.66. The van der Waals surface area contributed by atoms with Crippen LogP contribution in [0.4, 0.5) is 0 Å². The van der Waals surface area contributed by atoms with E-state index >= 15 is 0 Å². The van der Waals surface area contributed by atoms with Gasteiger partial charge in [-0.15, -0.1) is 12.4 Å². The zero-order valence-corrected chi connectivity index (χ0v) is 21.6. The van der Waals surface area contributed by atoms with Crippen molar-refractivity contribution in [2.75, 3.05) is 0 Å². The Balaban J connectivity index is 0.00000259. The van der Waals surface area contributed by atoms with Crippen LogP contribution in [0.15, 0.2) is 16.8 Å². The molecule has 4 fully saturated rings. The molecule has 4 nitrogen and oxygen atoms in total. The third-order valence-corrected chi connectivity index (χ3v) is 10.7. The van der Waals surface area contributed by atoms with Gasteiger partial charge in [0.2, 0.25) is 0 Å². The van der Waals surface area contributed by atoms with Crippen LogP contribution >= 0.6 is 12.4 Å². The van der Waals surface area contributed by atoms with Crippen molar-refractivity contribution in [3.8, 4) is 0 Å². The molecule has 5 aliphatic rings.